The lowest BCUT2D eigenvalue weighted by Gasteiger charge is -2.39. The van der Waals surface area contributed by atoms with Crippen molar-refractivity contribution in [2.75, 3.05) is 19.6 Å². The van der Waals surface area contributed by atoms with Crippen molar-refractivity contribution < 1.29 is 9.53 Å². The zero-order chi connectivity index (χ0) is 17.1. The molecule has 1 aromatic heterocycles. The van der Waals surface area contributed by atoms with Gasteiger partial charge >= 0.3 is 6.09 Å². The van der Waals surface area contributed by atoms with E-state index >= 15 is 0 Å². The molecule has 1 amide bonds. The lowest BCUT2D eigenvalue weighted by atomic mass is 9.80. The van der Waals surface area contributed by atoms with Gasteiger partial charge < -0.3 is 15.0 Å². The zero-order valence-electron chi connectivity index (χ0n) is 15.1. The summed E-state index contributed by atoms with van der Waals surface area (Å²) in [6, 6.07) is 2.17. The molecule has 0 bridgehead atoms. The molecule has 1 N–H and O–H groups in total. The minimum Gasteiger partial charge on any atom is -0.444 e. The highest BCUT2D eigenvalue weighted by Crippen LogP contribution is 2.31. The molecule has 1 aliphatic rings. The third-order valence-corrected chi connectivity index (χ3v) is 5.45. The van der Waals surface area contributed by atoms with Crippen LogP contribution in [0.1, 0.15) is 51.0 Å². The molecule has 4 nitrogen and oxygen atoms in total. The van der Waals surface area contributed by atoms with Gasteiger partial charge in [0, 0.05) is 31.1 Å². The number of nitrogens with zero attached hydrogens (tertiary/aromatic N) is 1. The van der Waals surface area contributed by atoms with E-state index in [9.17, 15) is 4.79 Å². The predicted molar refractivity (Wildman–Crippen MR) is 95.9 cm³/mol. The normalized spacial score (nSPS) is 18.0. The fourth-order valence-electron chi connectivity index (χ4n) is 2.80. The molecule has 0 radical (unpaired) electrons. The molecule has 0 aromatic carbocycles. The summed E-state index contributed by atoms with van der Waals surface area (Å²) >= 11 is 1.81. The zero-order valence-corrected chi connectivity index (χ0v) is 15.9. The molecular weight excluding hydrogens is 308 g/mol. The predicted octanol–water partition coefficient (Wildman–Crippen LogP) is 4.18. The monoisotopic (exact) mass is 338 g/mol. The minimum atomic E-state index is -0.419. The summed E-state index contributed by atoms with van der Waals surface area (Å²) in [5.74, 6) is 0. The lowest BCUT2D eigenvalue weighted by molar-refractivity contribution is 0.0119. The van der Waals surface area contributed by atoms with Crippen molar-refractivity contribution in [3.8, 4) is 0 Å². The molecule has 0 atom stereocenters. The van der Waals surface area contributed by atoms with E-state index in [0.29, 0.717) is 0 Å². The third-order valence-electron chi connectivity index (χ3n) is 4.43. The Kier molecular flexibility index (Phi) is 5.74. The fraction of sp³-hybridized carbons (Fsp3) is 0.722. The number of piperidine rings is 1. The Morgan fingerprint density at radius 2 is 2.04 bits per heavy atom. The molecule has 1 fully saturated rings. The number of likely N-dealkylation sites (tertiary alicyclic amines) is 1. The summed E-state index contributed by atoms with van der Waals surface area (Å²) in [7, 11) is 0. The van der Waals surface area contributed by atoms with Crippen LogP contribution in [0.25, 0.3) is 0 Å². The minimum absolute atomic E-state index is 0.179. The van der Waals surface area contributed by atoms with E-state index in [2.05, 4.69) is 30.6 Å². The summed E-state index contributed by atoms with van der Waals surface area (Å²) in [6.45, 7) is 13.7. The highest BCUT2D eigenvalue weighted by atomic mass is 32.1. The first kappa shape index (κ1) is 18.3. The second-order valence-electron chi connectivity index (χ2n) is 7.91. The molecule has 2 heterocycles. The van der Waals surface area contributed by atoms with Crippen molar-refractivity contribution in [3.63, 3.8) is 0 Å². The number of thiophene rings is 1. The molecule has 2 rings (SSSR count). The molecule has 1 saturated heterocycles. The molecule has 130 valence electrons. The van der Waals surface area contributed by atoms with Crippen molar-refractivity contribution in [2.24, 2.45) is 5.41 Å². The van der Waals surface area contributed by atoms with Crippen molar-refractivity contribution >= 4 is 17.4 Å². The van der Waals surface area contributed by atoms with Gasteiger partial charge in [-0.25, -0.2) is 4.79 Å². The molecule has 5 heteroatoms. The van der Waals surface area contributed by atoms with Crippen molar-refractivity contribution in [1.82, 2.24) is 10.2 Å². The van der Waals surface area contributed by atoms with Crippen LogP contribution in [0, 0.1) is 12.3 Å². The van der Waals surface area contributed by atoms with Gasteiger partial charge in [0.25, 0.3) is 0 Å². The van der Waals surface area contributed by atoms with Gasteiger partial charge in [-0.15, -0.1) is 11.3 Å². The highest BCUT2D eigenvalue weighted by molar-refractivity contribution is 7.10. The average molecular weight is 339 g/mol. The Morgan fingerprint density at radius 3 is 2.57 bits per heavy atom. The van der Waals surface area contributed by atoms with E-state index in [1.807, 2.05) is 37.0 Å². The second-order valence-corrected chi connectivity index (χ2v) is 8.91. The Bertz CT molecular complexity index is 525. The van der Waals surface area contributed by atoms with Gasteiger partial charge in [-0.1, -0.05) is 6.92 Å². The molecule has 1 aromatic rings. The van der Waals surface area contributed by atoms with E-state index < -0.39 is 5.60 Å². The summed E-state index contributed by atoms with van der Waals surface area (Å²) in [5.41, 5.74) is 1.20. The first-order valence-electron chi connectivity index (χ1n) is 8.40. The largest absolute Gasteiger partial charge is 0.444 e. The van der Waals surface area contributed by atoms with Crippen molar-refractivity contribution in [3.05, 3.63) is 21.9 Å². The Hall–Kier alpha value is -1.07. The Labute approximate surface area is 144 Å². The number of hydrogen-bond acceptors (Lipinski definition) is 4. The van der Waals surface area contributed by atoms with E-state index in [1.54, 1.807) is 0 Å². The highest BCUT2D eigenvalue weighted by Gasteiger charge is 2.33. The Balaban J connectivity index is 1.76. The molecule has 0 spiro atoms. The van der Waals surface area contributed by atoms with Crippen LogP contribution in [0.3, 0.4) is 0 Å². The van der Waals surface area contributed by atoms with E-state index in [1.165, 1.54) is 10.4 Å². The van der Waals surface area contributed by atoms with Crippen LogP contribution >= 0.6 is 11.3 Å². The third kappa shape index (κ3) is 5.50. The molecule has 0 unspecified atom stereocenters. The summed E-state index contributed by atoms with van der Waals surface area (Å²) in [6.07, 6.45) is 1.85. The van der Waals surface area contributed by atoms with Crippen molar-refractivity contribution in [1.29, 1.82) is 0 Å². The van der Waals surface area contributed by atoms with Gasteiger partial charge in [-0.05, 0) is 63.0 Å². The second kappa shape index (κ2) is 7.22. The van der Waals surface area contributed by atoms with Crippen LogP contribution in [0.5, 0.6) is 0 Å². The Morgan fingerprint density at radius 1 is 1.39 bits per heavy atom. The van der Waals surface area contributed by atoms with E-state index in [4.69, 9.17) is 4.74 Å². The van der Waals surface area contributed by atoms with Crippen LogP contribution in [-0.2, 0) is 11.3 Å². The number of amides is 1. The van der Waals surface area contributed by atoms with Crippen LogP contribution in [0.2, 0.25) is 0 Å². The van der Waals surface area contributed by atoms with Gasteiger partial charge in [-0.2, -0.15) is 0 Å². The van der Waals surface area contributed by atoms with E-state index in [0.717, 1.165) is 39.0 Å². The molecule has 23 heavy (non-hydrogen) atoms. The summed E-state index contributed by atoms with van der Waals surface area (Å²) in [4.78, 5) is 15.4. The quantitative estimate of drug-likeness (QED) is 0.895. The van der Waals surface area contributed by atoms with Gasteiger partial charge in [0.2, 0.25) is 0 Å². The number of ether oxygens (including phenoxy) is 1. The van der Waals surface area contributed by atoms with Gasteiger partial charge in [0.1, 0.15) is 5.60 Å². The summed E-state index contributed by atoms with van der Waals surface area (Å²) in [5, 5.41) is 5.74. The first-order valence-corrected chi connectivity index (χ1v) is 9.28. The van der Waals surface area contributed by atoms with Gasteiger partial charge in [0.05, 0.1) is 0 Å². The van der Waals surface area contributed by atoms with Crippen LogP contribution in [0.4, 0.5) is 4.79 Å². The molecule has 0 saturated carbocycles. The maximum Gasteiger partial charge on any atom is 0.410 e. The summed E-state index contributed by atoms with van der Waals surface area (Å²) < 4.78 is 5.46. The van der Waals surface area contributed by atoms with Crippen LogP contribution in [0.15, 0.2) is 11.4 Å². The van der Waals surface area contributed by atoms with E-state index in [-0.39, 0.29) is 11.5 Å². The number of carbonyl (C=O) groups is 1. The molecule has 1 aliphatic heterocycles. The number of hydrogen-bond donors (Lipinski definition) is 1. The molecule has 0 aliphatic carbocycles. The fourth-order valence-corrected chi connectivity index (χ4v) is 3.67. The number of nitrogens with one attached hydrogen (secondary N) is 1. The van der Waals surface area contributed by atoms with Gasteiger partial charge in [0.15, 0.2) is 0 Å². The number of rotatable bonds is 4. The van der Waals surface area contributed by atoms with Crippen LogP contribution < -0.4 is 5.32 Å². The number of aryl methyl sites for hydroxylation is 1. The molecular formula is C18H30N2O2S. The smallest absolute Gasteiger partial charge is 0.410 e. The average Bonchev–Trinajstić information content (AvgIpc) is 2.83. The number of carbonyl (C=O) groups excluding carboxylic acids is 1. The van der Waals surface area contributed by atoms with Gasteiger partial charge in [-0.3, -0.25) is 0 Å². The SMILES string of the molecule is Cc1ccsc1CNCC1(C)CCN(C(=O)OC(C)(C)C)CC1. The van der Waals surface area contributed by atoms with Crippen LogP contribution in [-0.4, -0.2) is 36.2 Å². The standard InChI is InChI=1S/C18H30N2O2S/c1-14-6-11-23-15(14)12-19-13-18(5)7-9-20(10-8-18)16(21)22-17(2,3)4/h6,11,19H,7-10,12-13H2,1-5H3. The maximum absolute atomic E-state index is 12.1. The van der Waals surface area contributed by atoms with Crippen molar-refractivity contribution in [2.45, 2.75) is 59.6 Å². The maximum atomic E-state index is 12.1. The first-order chi connectivity index (χ1) is 10.7. The lowest BCUT2D eigenvalue weighted by Crippen LogP contribution is -2.47. The topological polar surface area (TPSA) is 41.6 Å².